The Morgan fingerprint density at radius 2 is 1.00 bits per heavy atom. The lowest BCUT2D eigenvalue weighted by Crippen LogP contribution is -2.47. The molecule has 168 valence electrons. The third kappa shape index (κ3) is 5.26. The van der Waals surface area contributed by atoms with Gasteiger partial charge < -0.3 is 24.4 Å². The molecule has 0 unspecified atom stereocenters. The predicted molar refractivity (Wildman–Crippen MR) is 122 cm³/mol. The summed E-state index contributed by atoms with van der Waals surface area (Å²) in [7, 11) is 0. The Morgan fingerprint density at radius 1 is 0.625 bits per heavy atom. The molecule has 0 heterocycles. The number of benzene rings is 3. The molecule has 0 bridgehead atoms. The monoisotopic (exact) mass is 434 g/mol. The van der Waals surface area contributed by atoms with Crippen LogP contribution < -0.4 is 0 Å². The Kier molecular flexibility index (Phi) is 7.35. The molecule has 4 rings (SSSR count). The van der Waals surface area contributed by atoms with Crippen LogP contribution in [0, 0.1) is 0 Å². The van der Waals surface area contributed by atoms with Gasteiger partial charge in [-0.2, -0.15) is 0 Å². The fourth-order valence-electron chi connectivity index (χ4n) is 4.11. The maximum absolute atomic E-state index is 11.2. The van der Waals surface area contributed by atoms with E-state index < -0.39 is 30.0 Å². The summed E-state index contributed by atoms with van der Waals surface area (Å²) in [5, 5.41) is 22.2. The molecule has 3 aromatic rings. The molecular formula is C27H30O5. The van der Waals surface area contributed by atoms with Crippen molar-refractivity contribution in [2.45, 2.75) is 56.8 Å². The molecule has 5 atom stereocenters. The van der Waals surface area contributed by atoms with Gasteiger partial charge >= 0.3 is 0 Å². The van der Waals surface area contributed by atoms with Gasteiger partial charge in [0.2, 0.25) is 0 Å². The molecule has 1 aliphatic carbocycles. The van der Waals surface area contributed by atoms with Crippen molar-refractivity contribution in [1.82, 2.24) is 0 Å². The molecule has 5 nitrogen and oxygen atoms in total. The largest absolute Gasteiger partial charge is 0.387 e. The molecule has 5 heteroatoms. The molecule has 0 spiro atoms. The quantitative estimate of drug-likeness (QED) is 0.535. The highest BCUT2D eigenvalue weighted by Gasteiger charge is 2.59. The second-order valence-corrected chi connectivity index (χ2v) is 8.41. The zero-order valence-electron chi connectivity index (χ0n) is 18.2. The topological polar surface area (TPSA) is 68.2 Å². The molecule has 0 aromatic heterocycles. The van der Waals surface area contributed by atoms with Gasteiger partial charge in [-0.3, -0.25) is 0 Å². The normalized spacial score (nSPS) is 27.5. The van der Waals surface area contributed by atoms with E-state index in [1.807, 2.05) is 91.0 Å². The highest BCUT2D eigenvalue weighted by Crippen LogP contribution is 2.38. The first-order valence-electron chi connectivity index (χ1n) is 10.9. The minimum absolute atomic E-state index is 0.297. The first-order chi connectivity index (χ1) is 15.6. The average Bonchev–Trinajstić information content (AvgIpc) is 3.01. The van der Waals surface area contributed by atoms with Gasteiger partial charge in [-0.15, -0.1) is 0 Å². The van der Waals surface area contributed by atoms with Crippen LogP contribution in [0.3, 0.4) is 0 Å². The summed E-state index contributed by atoms with van der Waals surface area (Å²) in [4.78, 5) is 0. The van der Waals surface area contributed by atoms with E-state index in [0.29, 0.717) is 19.8 Å². The highest BCUT2D eigenvalue weighted by molar-refractivity contribution is 5.17. The zero-order valence-corrected chi connectivity index (χ0v) is 18.2. The van der Waals surface area contributed by atoms with E-state index in [0.717, 1.165) is 16.7 Å². The van der Waals surface area contributed by atoms with Crippen molar-refractivity contribution in [1.29, 1.82) is 0 Å². The molecule has 2 N–H and O–H groups in total. The maximum Gasteiger partial charge on any atom is 0.119 e. The molecular weight excluding hydrogens is 404 g/mol. The fourth-order valence-corrected chi connectivity index (χ4v) is 4.11. The molecule has 0 saturated heterocycles. The van der Waals surface area contributed by atoms with Crippen LogP contribution in [0.2, 0.25) is 0 Å². The van der Waals surface area contributed by atoms with Crippen molar-refractivity contribution < 1.29 is 24.4 Å². The first kappa shape index (κ1) is 22.6. The Labute approximate surface area is 189 Å². The van der Waals surface area contributed by atoms with Gasteiger partial charge in [-0.25, -0.2) is 0 Å². The summed E-state index contributed by atoms with van der Waals surface area (Å²) < 4.78 is 18.5. The Balaban J connectivity index is 1.53. The van der Waals surface area contributed by atoms with Crippen molar-refractivity contribution in [2.75, 3.05) is 0 Å². The van der Waals surface area contributed by atoms with E-state index in [2.05, 4.69) is 0 Å². The molecule has 0 aliphatic heterocycles. The Bertz CT molecular complexity index is 946. The summed E-state index contributed by atoms with van der Waals surface area (Å²) in [6, 6.07) is 29.3. The van der Waals surface area contributed by atoms with Crippen LogP contribution in [0.4, 0.5) is 0 Å². The van der Waals surface area contributed by atoms with Crippen LogP contribution in [0.5, 0.6) is 0 Å². The van der Waals surface area contributed by atoms with Crippen LogP contribution in [-0.2, 0) is 34.0 Å². The van der Waals surface area contributed by atoms with Crippen LogP contribution in [0.15, 0.2) is 91.0 Å². The van der Waals surface area contributed by atoms with Crippen LogP contribution in [0.1, 0.15) is 23.6 Å². The molecule has 3 aromatic carbocycles. The van der Waals surface area contributed by atoms with E-state index in [1.165, 1.54) is 0 Å². The van der Waals surface area contributed by atoms with Crippen LogP contribution >= 0.6 is 0 Å². The molecule has 0 amide bonds. The van der Waals surface area contributed by atoms with Crippen molar-refractivity contribution in [3.05, 3.63) is 108 Å². The van der Waals surface area contributed by atoms with Gasteiger partial charge in [0.15, 0.2) is 0 Å². The third-order valence-corrected chi connectivity index (χ3v) is 5.95. The van der Waals surface area contributed by atoms with E-state index in [4.69, 9.17) is 14.2 Å². The summed E-state index contributed by atoms with van der Waals surface area (Å²) in [5.41, 5.74) is 1.43. The summed E-state index contributed by atoms with van der Waals surface area (Å²) in [5.74, 6) is 0. The van der Waals surface area contributed by atoms with Gasteiger partial charge in [-0.1, -0.05) is 91.0 Å². The average molecular weight is 435 g/mol. The summed E-state index contributed by atoms with van der Waals surface area (Å²) in [6.07, 6.45) is -3.31. The second-order valence-electron chi connectivity index (χ2n) is 8.41. The minimum Gasteiger partial charge on any atom is -0.387 e. The lowest BCUT2D eigenvalue weighted by molar-refractivity contribution is -0.155. The van der Waals surface area contributed by atoms with Crippen LogP contribution in [0.25, 0.3) is 0 Å². The van der Waals surface area contributed by atoms with E-state index in [-0.39, 0.29) is 0 Å². The van der Waals surface area contributed by atoms with Crippen molar-refractivity contribution in [3.8, 4) is 0 Å². The standard InChI is InChI=1S/C27H30O5/c1-27(29)25(28)23(30-17-20-11-5-2-6-12-20)24(31-18-21-13-7-3-8-14-21)26(27)32-19-22-15-9-4-10-16-22/h2-16,23-26,28-29H,17-19H2,1H3/t23-,24-,25+,26+,27+/m0/s1. The number of aliphatic hydroxyl groups is 2. The molecule has 32 heavy (non-hydrogen) atoms. The van der Waals surface area contributed by atoms with Gasteiger partial charge in [0, 0.05) is 0 Å². The molecule has 1 aliphatic rings. The SMILES string of the molecule is C[C@@]1(O)[C@H](O)[C@@H](OCc2ccccc2)[C@H](OCc2ccccc2)[C@H]1OCc1ccccc1. The van der Waals surface area contributed by atoms with E-state index in [1.54, 1.807) is 6.92 Å². The van der Waals surface area contributed by atoms with Crippen LogP contribution in [-0.4, -0.2) is 40.2 Å². The van der Waals surface area contributed by atoms with E-state index >= 15 is 0 Å². The van der Waals surface area contributed by atoms with Crippen molar-refractivity contribution >= 4 is 0 Å². The number of hydrogen-bond donors (Lipinski definition) is 2. The predicted octanol–water partition coefficient (Wildman–Crippen LogP) is 3.87. The summed E-state index contributed by atoms with van der Waals surface area (Å²) >= 11 is 0. The van der Waals surface area contributed by atoms with Gasteiger partial charge in [0.25, 0.3) is 0 Å². The Hall–Kier alpha value is -2.54. The lowest BCUT2D eigenvalue weighted by Gasteiger charge is -2.30. The minimum atomic E-state index is -1.53. The lowest BCUT2D eigenvalue weighted by atomic mass is 10.00. The molecule has 1 fully saturated rings. The van der Waals surface area contributed by atoms with Gasteiger partial charge in [0.1, 0.15) is 30.0 Å². The number of hydrogen-bond acceptors (Lipinski definition) is 5. The van der Waals surface area contributed by atoms with E-state index in [9.17, 15) is 10.2 Å². The maximum atomic E-state index is 11.2. The summed E-state index contributed by atoms with van der Waals surface area (Å²) in [6.45, 7) is 2.50. The first-order valence-corrected chi connectivity index (χ1v) is 10.9. The Morgan fingerprint density at radius 3 is 1.44 bits per heavy atom. The van der Waals surface area contributed by atoms with Gasteiger partial charge in [-0.05, 0) is 23.6 Å². The number of ether oxygens (including phenoxy) is 3. The second kappa shape index (κ2) is 10.4. The zero-order chi connectivity index (χ0) is 22.4. The number of rotatable bonds is 9. The van der Waals surface area contributed by atoms with Gasteiger partial charge in [0.05, 0.1) is 19.8 Å². The highest BCUT2D eigenvalue weighted by atomic mass is 16.6. The fraction of sp³-hybridized carbons (Fsp3) is 0.333. The molecule has 1 saturated carbocycles. The number of aliphatic hydroxyl groups excluding tert-OH is 1. The third-order valence-electron chi connectivity index (χ3n) is 5.95. The smallest absolute Gasteiger partial charge is 0.119 e. The molecule has 0 radical (unpaired) electrons. The van der Waals surface area contributed by atoms with Crippen molar-refractivity contribution in [2.24, 2.45) is 0 Å². The van der Waals surface area contributed by atoms with Crippen molar-refractivity contribution in [3.63, 3.8) is 0 Å².